The fraction of sp³-hybridized carbons (Fsp3) is 0.292. The highest BCUT2D eigenvalue weighted by Crippen LogP contribution is 2.52. The van der Waals surface area contributed by atoms with E-state index in [9.17, 15) is 95.9 Å². The van der Waals surface area contributed by atoms with Gasteiger partial charge in [0.05, 0.1) is 52.5 Å². The summed E-state index contributed by atoms with van der Waals surface area (Å²) in [6, 6.07) is 43.3. The van der Waals surface area contributed by atoms with Crippen LogP contribution in [0.4, 0.5) is 61.1 Å². The summed E-state index contributed by atoms with van der Waals surface area (Å²) in [5.74, 6) is -8.67. The molecule has 4 heterocycles. The largest absolute Gasteiger partial charge is 0.533 e. The minimum atomic E-state index is -1.23. The summed E-state index contributed by atoms with van der Waals surface area (Å²) in [6.45, 7) is 5.32. The number of anilines is 4. The van der Waals surface area contributed by atoms with Crippen LogP contribution in [-0.2, 0) is 134 Å². The monoisotopic (exact) mass is 2080 g/mol. The first-order valence-electron chi connectivity index (χ1n) is 44.8. The van der Waals surface area contributed by atoms with Gasteiger partial charge in [0.1, 0.15) is 50.6 Å². The van der Waals surface area contributed by atoms with Crippen molar-refractivity contribution < 1.29 is 182 Å². The van der Waals surface area contributed by atoms with Crippen molar-refractivity contribution in [3.05, 3.63) is 202 Å². The fourth-order valence-corrected chi connectivity index (χ4v) is 17.2. The molecule has 8 atom stereocenters. The molecule has 52 heteroatoms. The summed E-state index contributed by atoms with van der Waals surface area (Å²) in [4.78, 5) is 259. The van der Waals surface area contributed by atoms with Crippen LogP contribution in [0.5, 0.6) is 0 Å². The van der Waals surface area contributed by atoms with Gasteiger partial charge in [-0.1, -0.05) is 115 Å². The smallest absolute Gasteiger partial charge is 0.453 e. The van der Waals surface area contributed by atoms with E-state index in [4.69, 9.17) is 48.8 Å². The predicted octanol–water partition coefficient (Wildman–Crippen LogP) is 11.7. The van der Waals surface area contributed by atoms with Crippen molar-refractivity contribution >= 4 is 167 Å². The SMILES string of the molecule is COC(=O)NC(C)C(=O)Nc1ccc2c(c1)C(COC(=O)ON1C(=O)CCC1=O)c1cc(SOOO)ccc1-2.COC(=O)NC(C)C(=O)Nc1ccc2c(c1)C(COC(=O)ON1C(=O)CCC1=O)c1cc(SOOO)ccc1-2.COC(=O)NC(C)C(=O)Nc1ccc2c(c1)C(COC(=O)ON1C(=O)CCC1=O)c1ccccc1-2.COC(=O)NC(C)C(=O)Nc1ccc2c(c1)C(COC(=O)ON1C(=O)CCC1=O)c1ccccc1-2. The Bertz CT molecular complexity index is 6150. The summed E-state index contributed by atoms with van der Waals surface area (Å²) in [5.41, 5.74) is 15.0. The number of hydroxylamine groups is 8. The number of amides is 16. The standard InChI is InChI=1S/2C24H23N3O11S.2C24H23N3O8/c2*1-12(25-23(31)34-2)22(30)26-13-3-5-15-16-6-4-14(39-38-37-33)10-18(16)19(17(15)9-13)11-35-24(32)36-27-20(28)7-8-21(27)29;2*1-13(25-23(31)33-2)22(30)26-14-7-8-17-15-5-3-4-6-16(15)19(18(17)11-14)12-34-24(32)35-27-20(28)9-10-21(27)29/h2*3-6,9-10,12,19,33H,7-8,11H2,1-2H3,(H,25,31)(H,26,30);2*3-8,11,13,19H,9-10,12H2,1-2H3,(H,25,31)(H,26,30). The molecule has 50 nitrogen and oxygen atoms in total. The average Bonchev–Trinajstić information content (AvgIpc) is 1.58. The first-order chi connectivity index (χ1) is 71.0. The number of benzene rings is 8. The third kappa shape index (κ3) is 26.3. The number of hydrogen-bond donors (Lipinski definition) is 10. The molecule has 4 aliphatic heterocycles. The van der Waals surface area contributed by atoms with Crippen molar-refractivity contribution in [1.29, 1.82) is 0 Å². The summed E-state index contributed by atoms with van der Waals surface area (Å²) >= 11 is 1.49. The minimum Gasteiger partial charge on any atom is -0.453 e. The molecule has 4 saturated heterocycles. The lowest BCUT2D eigenvalue weighted by molar-refractivity contribution is -0.432. The Morgan fingerprint density at radius 3 is 0.716 bits per heavy atom. The van der Waals surface area contributed by atoms with Gasteiger partial charge in [-0.3, -0.25) is 76.9 Å². The van der Waals surface area contributed by atoms with Crippen LogP contribution in [0, 0.1) is 0 Å². The van der Waals surface area contributed by atoms with E-state index in [0.29, 0.717) is 63.9 Å². The number of fused-ring (bicyclic) bond motifs is 12. The average molecular weight is 2090 g/mol. The first kappa shape index (κ1) is 108. The van der Waals surface area contributed by atoms with Gasteiger partial charge < -0.3 is 80.4 Å². The van der Waals surface area contributed by atoms with Crippen LogP contribution in [0.25, 0.3) is 44.5 Å². The van der Waals surface area contributed by atoms with Gasteiger partial charge in [-0.15, -0.1) is 8.67 Å². The Labute approximate surface area is 846 Å². The molecule has 0 bridgehead atoms. The Kier molecular flexibility index (Phi) is 36.1. The maximum Gasteiger partial charge on any atom is 0.533 e. The molecule has 0 saturated carbocycles. The molecule has 0 aromatic heterocycles. The van der Waals surface area contributed by atoms with Crippen LogP contribution >= 0.6 is 24.1 Å². The maximum atomic E-state index is 12.6. The third-order valence-electron chi connectivity index (χ3n) is 23.5. The maximum absolute atomic E-state index is 12.6. The van der Waals surface area contributed by atoms with E-state index in [2.05, 4.69) is 80.2 Å². The third-order valence-corrected chi connectivity index (χ3v) is 24.7. The van der Waals surface area contributed by atoms with Gasteiger partial charge in [0.25, 0.3) is 47.3 Å². The summed E-state index contributed by atoms with van der Waals surface area (Å²) in [6.07, 6.45) is -8.04. The van der Waals surface area contributed by atoms with Crippen LogP contribution in [-0.4, -0.2) is 230 Å². The van der Waals surface area contributed by atoms with Crippen molar-refractivity contribution in [1.82, 2.24) is 41.5 Å². The van der Waals surface area contributed by atoms with Gasteiger partial charge in [0, 0.05) is 108 Å². The normalized spacial score (nSPS) is 16.5. The van der Waals surface area contributed by atoms with Crippen LogP contribution in [0.15, 0.2) is 168 Å². The number of carbonyl (C=O) groups excluding carboxylic acids is 20. The Morgan fingerprint density at radius 2 is 0.493 bits per heavy atom. The Hall–Kier alpha value is -17.2. The van der Waals surface area contributed by atoms with E-state index in [0.717, 1.165) is 102 Å². The van der Waals surface area contributed by atoms with Gasteiger partial charge in [0.15, 0.2) is 0 Å². The Balaban J connectivity index is 0.000000165. The number of ether oxygens (including phenoxy) is 8. The molecule has 4 aliphatic carbocycles. The first-order valence-corrected chi connectivity index (χ1v) is 46.2. The van der Waals surface area contributed by atoms with Crippen molar-refractivity contribution in [2.24, 2.45) is 0 Å². The van der Waals surface area contributed by atoms with E-state index in [1.54, 1.807) is 97.1 Å². The molecule has 4 fully saturated rings. The number of rotatable bonds is 30. The molecule has 0 spiro atoms. The number of nitrogens with one attached hydrogen (secondary N) is 8. The van der Waals surface area contributed by atoms with Crippen molar-refractivity contribution in [2.45, 2.75) is 137 Å². The molecule has 8 aliphatic rings. The lowest BCUT2D eigenvalue weighted by Crippen LogP contribution is -2.41. The topological polar surface area (TPSA) is 639 Å². The van der Waals surface area contributed by atoms with Gasteiger partial charge in [-0.2, -0.15) is 0 Å². The van der Waals surface area contributed by atoms with E-state index >= 15 is 0 Å². The lowest BCUT2D eigenvalue weighted by atomic mass is 9.97. The zero-order chi connectivity index (χ0) is 106. The second-order valence-electron chi connectivity index (χ2n) is 32.9. The molecular weight excluding hydrogens is 1990 g/mol. The van der Waals surface area contributed by atoms with Crippen molar-refractivity contribution in [3.63, 3.8) is 0 Å². The van der Waals surface area contributed by atoms with E-state index < -0.39 is 156 Å². The van der Waals surface area contributed by atoms with Gasteiger partial charge in [-0.05, 0) is 190 Å². The van der Waals surface area contributed by atoms with E-state index in [-0.39, 0.29) is 89.6 Å². The molecular formula is C96H92N12O38S2. The van der Waals surface area contributed by atoms with Crippen LogP contribution < -0.4 is 42.5 Å². The Morgan fingerprint density at radius 1 is 0.291 bits per heavy atom. The summed E-state index contributed by atoms with van der Waals surface area (Å²) < 4.78 is 48.1. The van der Waals surface area contributed by atoms with Crippen LogP contribution in [0.2, 0.25) is 0 Å². The van der Waals surface area contributed by atoms with E-state index in [1.807, 2.05) is 60.7 Å². The zero-order valence-corrected chi connectivity index (χ0v) is 80.9. The van der Waals surface area contributed by atoms with E-state index in [1.165, 1.54) is 56.1 Å². The number of methoxy groups -OCH3 is 4. The fourth-order valence-electron chi connectivity index (χ4n) is 16.4. The minimum absolute atomic E-state index is 0.0161. The molecule has 148 heavy (non-hydrogen) atoms. The van der Waals surface area contributed by atoms with Gasteiger partial charge in [0.2, 0.25) is 23.6 Å². The van der Waals surface area contributed by atoms with Crippen molar-refractivity contribution in [2.75, 3.05) is 76.1 Å². The number of imide groups is 4. The lowest BCUT2D eigenvalue weighted by Gasteiger charge is -2.17. The predicted molar refractivity (Wildman–Crippen MR) is 505 cm³/mol. The highest BCUT2D eigenvalue weighted by atomic mass is 32.2. The molecule has 8 aromatic rings. The molecule has 8 aromatic carbocycles. The molecule has 10 N–H and O–H groups in total. The second-order valence-corrected chi connectivity index (χ2v) is 34.4. The number of hydrogen-bond acceptors (Lipinski definition) is 40. The van der Waals surface area contributed by atoms with Crippen LogP contribution in [0.1, 0.15) is 147 Å². The molecule has 8 unspecified atom stereocenters. The second kappa shape index (κ2) is 49.4. The molecule has 776 valence electrons. The summed E-state index contributed by atoms with van der Waals surface area (Å²) in [7, 11) is 4.78. The van der Waals surface area contributed by atoms with Gasteiger partial charge >= 0.3 is 49.0 Å². The molecule has 16 rings (SSSR count). The highest BCUT2D eigenvalue weighted by Gasteiger charge is 2.42. The van der Waals surface area contributed by atoms with Crippen LogP contribution in [0.3, 0.4) is 0 Å². The zero-order valence-electron chi connectivity index (χ0n) is 79.3. The summed E-state index contributed by atoms with van der Waals surface area (Å²) in [5, 5.41) is 46.4. The molecule has 16 amide bonds. The quantitative estimate of drug-likeness (QED) is 0.00499. The highest BCUT2D eigenvalue weighted by molar-refractivity contribution is 7.94. The van der Waals surface area contributed by atoms with Gasteiger partial charge in [-0.25, -0.2) is 48.9 Å². The number of nitrogens with zero attached hydrogens (tertiary/aromatic N) is 4. The number of carbonyl (C=O) groups is 20. The van der Waals surface area contributed by atoms with Crippen molar-refractivity contribution in [3.8, 4) is 44.5 Å². The molecule has 0 radical (unpaired) electrons. The number of alkyl carbamates (subject to hydrolysis) is 4.